The zero-order valence-corrected chi connectivity index (χ0v) is 28.0. The first-order chi connectivity index (χ1) is 23.9. The molecule has 1 unspecified atom stereocenters. The molecule has 4 aliphatic rings. The van der Waals surface area contributed by atoms with E-state index in [0.29, 0.717) is 31.2 Å². The number of rotatable bonds is 8. The summed E-state index contributed by atoms with van der Waals surface area (Å²) in [6.45, 7) is 3.17. The number of nitrogens with one attached hydrogen (secondary N) is 3. The quantitative estimate of drug-likeness (QED) is 0.255. The highest BCUT2D eigenvalue weighted by molar-refractivity contribution is 6.34. The third-order valence-electron chi connectivity index (χ3n) is 10.1. The molecule has 268 valence electrons. The lowest BCUT2D eigenvalue weighted by Gasteiger charge is -2.28. The lowest BCUT2D eigenvalue weighted by Crippen LogP contribution is -2.43. The average Bonchev–Trinajstić information content (AvgIpc) is 3.47. The first-order valence-corrected chi connectivity index (χ1v) is 16.9. The third kappa shape index (κ3) is 7.36. The maximum Gasteiger partial charge on any atom is 0.435 e. The Kier molecular flexibility index (Phi) is 10.2. The number of benzene rings is 1. The minimum Gasteiger partial charge on any atom is -0.483 e. The fourth-order valence-corrected chi connectivity index (χ4v) is 7.43. The summed E-state index contributed by atoms with van der Waals surface area (Å²) in [7, 11) is 1.47. The average molecular weight is 719 g/mol. The Morgan fingerprint density at radius 1 is 1.10 bits per heavy atom. The van der Waals surface area contributed by atoms with Gasteiger partial charge in [0, 0.05) is 62.4 Å². The number of fused-ring (bicyclic) bond motifs is 1. The van der Waals surface area contributed by atoms with Gasteiger partial charge < -0.3 is 30.5 Å². The second-order valence-electron chi connectivity index (χ2n) is 13.3. The molecule has 3 atom stereocenters. The minimum absolute atomic E-state index is 0.0178. The van der Waals surface area contributed by atoms with Gasteiger partial charge in [-0.25, -0.2) is 4.98 Å². The second kappa shape index (κ2) is 14.4. The highest BCUT2D eigenvalue weighted by Gasteiger charge is 2.57. The van der Waals surface area contributed by atoms with Crippen LogP contribution in [0.2, 0.25) is 5.02 Å². The molecule has 0 bridgehead atoms. The van der Waals surface area contributed by atoms with E-state index in [2.05, 4.69) is 26.0 Å². The molecule has 4 heterocycles. The van der Waals surface area contributed by atoms with Crippen LogP contribution >= 0.6 is 11.6 Å². The van der Waals surface area contributed by atoms with Crippen LogP contribution in [0.3, 0.4) is 0 Å². The van der Waals surface area contributed by atoms with Crippen molar-refractivity contribution in [3.63, 3.8) is 0 Å². The van der Waals surface area contributed by atoms with Crippen molar-refractivity contribution >= 4 is 41.5 Å². The SMILES string of the molecule is Cn1c(-c2cn(CC3CCC3)nc2C(F)(F)F)cnc1C(=O)Nc1ccc(C(=O)NC2[C@H]3CN(C(=O)C4CCNCC4)C[C@@H]23)c(Cl)c1.O=CO. The molecule has 0 spiro atoms. The van der Waals surface area contributed by atoms with Crippen LogP contribution in [0.25, 0.3) is 11.3 Å². The topological polar surface area (TPSA) is 163 Å². The van der Waals surface area contributed by atoms with Crippen molar-refractivity contribution in [3.05, 3.63) is 52.7 Å². The van der Waals surface area contributed by atoms with E-state index in [9.17, 15) is 27.6 Å². The summed E-state index contributed by atoms with van der Waals surface area (Å²) < 4.78 is 44.3. The van der Waals surface area contributed by atoms with Crippen molar-refractivity contribution in [3.8, 4) is 11.3 Å². The number of imidazole rings is 1. The van der Waals surface area contributed by atoms with E-state index in [1.165, 1.54) is 46.9 Å². The van der Waals surface area contributed by atoms with Crippen LogP contribution in [-0.4, -0.2) is 85.8 Å². The number of alkyl halides is 3. The number of carbonyl (C=O) groups is 4. The normalized spacial score (nSPS) is 21.8. The van der Waals surface area contributed by atoms with E-state index in [1.54, 1.807) is 0 Å². The van der Waals surface area contributed by atoms with E-state index in [1.807, 2.05) is 4.90 Å². The van der Waals surface area contributed by atoms with Gasteiger partial charge in [-0.05, 0) is 62.9 Å². The van der Waals surface area contributed by atoms with E-state index in [0.717, 1.165) is 45.2 Å². The number of piperidine rings is 2. The molecule has 2 aliphatic heterocycles. The van der Waals surface area contributed by atoms with Gasteiger partial charge in [0.1, 0.15) is 0 Å². The van der Waals surface area contributed by atoms with Crippen molar-refractivity contribution in [1.29, 1.82) is 0 Å². The fourth-order valence-electron chi connectivity index (χ4n) is 7.16. The van der Waals surface area contributed by atoms with Crippen molar-refractivity contribution in [1.82, 2.24) is 34.9 Å². The summed E-state index contributed by atoms with van der Waals surface area (Å²) in [4.78, 5) is 53.4. The van der Waals surface area contributed by atoms with Gasteiger partial charge in [0.05, 0.1) is 28.0 Å². The molecule has 2 aliphatic carbocycles. The Bertz CT molecular complexity index is 1760. The van der Waals surface area contributed by atoms with Gasteiger partial charge in [0.15, 0.2) is 11.5 Å². The molecule has 2 saturated carbocycles. The van der Waals surface area contributed by atoms with E-state index < -0.39 is 17.8 Å². The van der Waals surface area contributed by atoms with Gasteiger partial charge in [-0.15, -0.1) is 0 Å². The van der Waals surface area contributed by atoms with Crippen LogP contribution in [0.15, 0.2) is 30.6 Å². The highest BCUT2D eigenvalue weighted by atomic mass is 35.5. The summed E-state index contributed by atoms with van der Waals surface area (Å²) in [5.41, 5.74) is -0.526. The molecule has 1 aromatic carbocycles. The smallest absolute Gasteiger partial charge is 0.435 e. The molecule has 0 radical (unpaired) electrons. The van der Waals surface area contributed by atoms with Gasteiger partial charge in [0.25, 0.3) is 18.3 Å². The number of anilines is 1. The molecule has 2 aromatic heterocycles. The van der Waals surface area contributed by atoms with E-state index in [-0.39, 0.29) is 69.8 Å². The minimum atomic E-state index is -4.68. The molecular weight excluding hydrogens is 681 g/mol. The van der Waals surface area contributed by atoms with Crippen molar-refractivity contribution in [2.24, 2.45) is 30.7 Å². The molecule has 4 N–H and O–H groups in total. The van der Waals surface area contributed by atoms with E-state index in [4.69, 9.17) is 21.5 Å². The van der Waals surface area contributed by atoms with Crippen molar-refractivity contribution in [2.45, 2.75) is 50.9 Å². The Labute approximate surface area is 290 Å². The summed E-state index contributed by atoms with van der Waals surface area (Å²) in [6.07, 6.45) is 2.62. The maximum atomic E-state index is 13.9. The molecule has 3 aromatic rings. The second-order valence-corrected chi connectivity index (χ2v) is 13.7. The standard InChI is InChI=1S/C32H36ClF3N8O3.CH2O2/c1-42-25(23-16-44(13-17-3-2-4-17)41-27(23)32(34,35)36)12-38-28(42)30(46)39-19-5-6-20(24(33)11-19)29(45)40-26-21-14-43(15-22(21)26)31(47)18-7-9-37-10-8-18;2-1-3/h5-6,11-12,16-18,21-22,26,37H,2-4,7-10,13-15H2,1H3,(H,39,46)(H,40,45);1H,(H,2,3)/t21-,22+,26?;. The number of aromatic nitrogens is 4. The predicted molar refractivity (Wildman–Crippen MR) is 175 cm³/mol. The number of hydrogen-bond donors (Lipinski definition) is 4. The summed E-state index contributed by atoms with van der Waals surface area (Å²) in [6, 6.07) is 4.46. The number of nitrogens with zero attached hydrogens (tertiary/aromatic N) is 5. The largest absolute Gasteiger partial charge is 0.483 e. The molecule has 2 saturated heterocycles. The highest BCUT2D eigenvalue weighted by Crippen LogP contribution is 2.46. The Balaban J connectivity index is 0.00000139. The number of carbonyl (C=O) groups excluding carboxylic acids is 3. The van der Waals surface area contributed by atoms with Crippen molar-refractivity contribution in [2.75, 3.05) is 31.5 Å². The first-order valence-electron chi connectivity index (χ1n) is 16.6. The van der Waals surface area contributed by atoms with Gasteiger partial charge in [-0.3, -0.25) is 23.9 Å². The number of amides is 3. The number of carboxylic acid groups (broad SMARTS) is 1. The zero-order chi connectivity index (χ0) is 35.7. The van der Waals surface area contributed by atoms with Gasteiger partial charge in [-0.2, -0.15) is 18.3 Å². The van der Waals surface area contributed by atoms with Gasteiger partial charge in [0.2, 0.25) is 5.91 Å². The monoisotopic (exact) mass is 718 g/mol. The van der Waals surface area contributed by atoms with Crippen LogP contribution < -0.4 is 16.0 Å². The molecule has 3 amide bonds. The van der Waals surface area contributed by atoms with Crippen molar-refractivity contribution < 1.29 is 37.5 Å². The van der Waals surface area contributed by atoms with Crippen LogP contribution in [0, 0.1) is 23.7 Å². The lowest BCUT2D eigenvalue weighted by atomic mass is 9.85. The summed E-state index contributed by atoms with van der Waals surface area (Å²) >= 11 is 6.45. The Morgan fingerprint density at radius 3 is 2.38 bits per heavy atom. The van der Waals surface area contributed by atoms with Gasteiger partial charge >= 0.3 is 6.18 Å². The molecule has 4 fully saturated rings. The zero-order valence-electron chi connectivity index (χ0n) is 27.3. The number of likely N-dealkylation sites (tertiary alicyclic amines) is 1. The Hall–Kier alpha value is -4.44. The number of halogens is 4. The molecule has 50 heavy (non-hydrogen) atoms. The maximum absolute atomic E-state index is 13.9. The van der Waals surface area contributed by atoms with Crippen LogP contribution in [0.4, 0.5) is 18.9 Å². The molecule has 13 nitrogen and oxygen atoms in total. The summed E-state index contributed by atoms with van der Waals surface area (Å²) in [5, 5.41) is 19.8. The lowest BCUT2D eigenvalue weighted by molar-refractivity contribution is -0.141. The summed E-state index contributed by atoms with van der Waals surface area (Å²) in [5.74, 6) is -0.0393. The third-order valence-corrected chi connectivity index (χ3v) is 10.4. The molecule has 17 heteroatoms. The molecule has 7 rings (SSSR count). The van der Waals surface area contributed by atoms with Crippen LogP contribution in [0.1, 0.15) is 58.8 Å². The predicted octanol–water partition coefficient (Wildman–Crippen LogP) is 3.90. The molecular formula is C33H38ClF3N8O5. The number of hydrogen-bond acceptors (Lipinski definition) is 7. The van der Waals surface area contributed by atoms with Crippen LogP contribution in [0.5, 0.6) is 0 Å². The van der Waals surface area contributed by atoms with Gasteiger partial charge in [-0.1, -0.05) is 18.0 Å². The van der Waals surface area contributed by atoms with Crippen LogP contribution in [-0.2, 0) is 29.4 Å². The first kappa shape index (κ1) is 35.4. The van der Waals surface area contributed by atoms with E-state index >= 15 is 0 Å². The fraction of sp³-hybridized carbons (Fsp3) is 0.515. The Morgan fingerprint density at radius 2 is 1.78 bits per heavy atom.